The van der Waals surface area contributed by atoms with E-state index in [9.17, 15) is 18.0 Å². The number of carbonyl (C=O) groups is 2. The van der Waals surface area contributed by atoms with Crippen molar-refractivity contribution >= 4 is 50.2 Å². The summed E-state index contributed by atoms with van der Waals surface area (Å²) in [6.07, 6.45) is 6.99. The number of nitrogens with zero attached hydrogens (tertiary/aromatic N) is 2. The fraction of sp³-hybridized carbons (Fsp3) is 0.515. The van der Waals surface area contributed by atoms with Gasteiger partial charge in [-0.15, -0.1) is 0 Å². The van der Waals surface area contributed by atoms with Crippen molar-refractivity contribution in [3.8, 4) is 5.75 Å². The predicted molar refractivity (Wildman–Crippen MR) is 180 cm³/mol. The maximum absolute atomic E-state index is 14.2. The van der Waals surface area contributed by atoms with Crippen LogP contribution in [0.3, 0.4) is 0 Å². The Morgan fingerprint density at radius 2 is 1.79 bits per heavy atom. The minimum Gasteiger partial charge on any atom is -0.491 e. The Kier molecular flexibility index (Phi) is 10.5. The van der Waals surface area contributed by atoms with Crippen molar-refractivity contribution in [2.24, 2.45) is 11.7 Å². The molecule has 1 aliphatic carbocycles. The molecule has 47 heavy (non-hydrogen) atoms. The third kappa shape index (κ3) is 7.80. The summed E-state index contributed by atoms with van der Waals surface area (Å²) in [5, 5.41) is 7.19. The molecule has 3 aromatic rings. The lowest BCUT2D eigenvalue weighted by molar-refractivity contribution is -0.0249. The molecule has 0 radical (unpaired) electrons. The lowest BCUT2D eigenvalue weighted by atomic mass is 9.89. The number of aromatic amines is 1. The van der Waals surface area contributed by atoms with Crippen LogP contribution in [0.1, 0.15) is 55.4 Å². The topological polar surface area (TPSA) is 159 Å². The van der Waals surface area contributed by atoms with Crippen molar-refractivity contribution in [2.75, 3.05) is 51.3 Å². The van der Waals surface area contributed by atoms with Crippen LogP contribution in [0.2, 0.25) is 5.02 Å². The number of amides is 3. The number of morpholine rings is 1. The number of aromatic nitrogens is 1. The standard InChI is InChI=1S/C33H43ClN6O6S/c34-23-17-27-29(28(18-23)37-24-11-13-39(14-12-24)33(42)36-19-22-7-3-1-4-8-22)38-30(32(35)41)31(27)47(43,44)40-15-16-45-26(20-40)21-46-25-9-5-2-6-10-25/h2,5-6,9-10,17-18,22,24,26,37-38H,1,3-4,7-8,11-16,19-21H2,(H2,35,41)(H,36,42). The Labute approximate surface area is 280 Å². The summed E-state index contributed by atoms with van der Waals surface area (Å²) in [4.78, 5) is 30.1. The molecule has 6 rings (SSSR count). The van der Waals surface area contributed by atoms with Gasteiger partial charge >= 0.3 is 6.03 Å². The first-order valence-electron chi connectivity index (χ1n) is 16.4. The number of halogens is 1. The Balaban J connectivity index is 1.15. The molecule has 1 unspecified atom stereocenters. The van der Waals surface area contributed by atoms with Crippen LogP contribution >= 0.6 is 11.6 Å². The zero-order valence-electron chi connectivity index (χ0n) is 26.4. The van der Waals surface area contributed by atoms with Gasteiger partial charge < -0.3 is 35.7 Å². The van der Waals surface area contributed by atoms with Gasteiger partial charge in [0.2, 0.25) is 10.0 Å². The number of sulfonamides is 1. The van der Waals surface area contributed by atoms with Crippen molar-refractivity contribution in [3.63, 3.8) is 0 Å². The van der Waals surface area contributed by atoms with Crippen molar-refractivity contribution in [2.45, 2.75) is 62.0 Å². The zero-order valence-corrected chi connectivity index (χ0v) is 28.0. The molecule has 2 aliphatic heterocycles. The lowest BCUT2D eigenvalue weighted by Crippen LogP contribution is -2.47. The maximum atomic E-state index is 14.2. The van der Waals surface area contributed by atoms with Crippen LogP contribution in [0.4, 0.5) is 10.5 Å². The number of piperidine rings is 1. The first-order chi connectivity index (χ1) is 22.7. The average molecular weight is 687 g/mol. The largest absolute Gasteiger partial charge is 0.491 e. The molecule has 1 aromatic heterocycles. The van der Waals surface area contributed by atoms with Crippen molar-refractivity contribution in [1.82, 2.24) is 19.5 Å². The molecular weight excluding hydrogens is 644 g/mol. The number of H-pyrrole nitrogens is 1. The van der Waals surface area contributed by atoms with E-state index in [2.05, 4.69) is 15.6 Å². The summed E-state index contributed by atoms with van der Waals surface area (Å²) >= 11 is 6.55. The number of nitrogens with two attached hydrogens (primary N) is 1. The van der Waals surface area contributed by atoms with Gasteiger partial charge in [-0.05, 0) is 55.9 Å². The van der Waals surface area contributed by atoms with Gasteiger partial charge in [-0.25, -0.2) is 13.2 Å². The van der Waals surface area contributed by atoms with E-state index in [-0.39, 0.29) is 54.4 Å². The van der Waals surface area contributed by atoms with Crippen LogP contribution < -0.4 is 21.1 Å². The van der Waals surface area contributed by atoms with Crippen LogP contribution in [0.25, 0.3) is 10.9 Å². The molecular formula is C33H43ClN6O6S. The van der Waals surface area contributed by atoms with Crippen molar-refractivity contribution in [3.05, 3.63) is 53.2 Å². The summed E-state index contributed by atoms with van der Waals surface area (Å²) in [5.74, 6) is 0.323. The number of hydrogen-bond acceptors (Lipinski definition) is 7. The summed E-state index contributed by atoms with van der Waals surface area (Å²) in [6, 6.07) is 12.4. The van der Waals surface area contributed by atoms with E-state index in [4.69, 9.17) is 26.8 Å². The summed E-state index contributed by atoms with van der Waals surface area (Å²) in [5.41, 5.74) is 6.51. The third-order valence-electron chi connectivity index (χ3n) is 9.36. The fourth-order valence-corrected chi connectivity index (χ4v) is 8.82. The Morgan fingerprint density at radius 3 is 2.51 bits per heavy atom. The van der Waals surface area contributed by atoms with E-state index < -0.39 is 22.0 Å². The van der Waals surface area contributed by atoms with Crippen LogP contribution in [0.15, 0.2) is 47.4 Å². The van der Waals surface area contributed by atoms with E-state index in [1.54, 1.807) is 6.07 Å². The molecule has 254 valence electrons. The highest BCUT2D eigenvalue weighted by atomic mass is 35.5. The van der Waals surface area contributed by atoms with Crippen LogP contribution in [-0.2, 0) is 14.8 Å². The zero-order chi connectivity index (χ0) is 33.0. The number of carbonyl (C=O) groups excluding carboxylic acids is 2. The molecule has 3 heterocycles. The predicted octanol–water partition coefficient (Wildman–Crippen LogP) is 4.55. The second-order valence-electron chi connectivity index (χ2n) is 12.6. The minimum absolute atomic E-state index is 0.00376. The number of nitrogens with one attached hydrogen (secondary N) is 3. The second kappa shape index (κ2) is 14.7. The van der Waals surface area contributed by atoms with E-state index in [1.165, 1.54) is 42.5 Å². The summed E-state index contributed by atoms with van der Waals surface area (Å²) < 4.78 is 41.3. The van der Waals surface area contributed by atoms with Gasteiger partial charge in [0.15, 0.2) is 0 Å². The molecule has 0 bridgehead atoms. The molecule has 2 aromatic carbocycles. The van der Waals surface area contributed by atoms with Gasteiger partial charge in [0.05, 0.1) is 17.8 Å². The van der Waals surface area contributed by atoms with Crippen molar-refractivity contribution < 1.29 is 27.5 Å². The highest BCUT2D eigenvalue weighted by Crippen LogP contribution is 2.37. The fourth-order valence-electron chi connectivity index (χ4n) is 6.82. The Hall–Kier alpha value is -3.52. The highest BCUT2D eigenvalue weighted by molar-refractivity contribution is 7.89. The molecule has 3 aliphatic rings. The van der Waals surface area contributed by atoms with Crippen LogP contribution in [0.5, 0.6) is 5.75 Å². The van der Waals surface area contributed by atoms with Gasteiger partial charge in [0.1, 0.15) is 29.0 Å². The molecule has 14 heteroatoms. The van der Waals surface area contributed by atoms with Crippen LogP contribution in [0, 0.1) is 5.92 Å². The van der Waals surface area contributed by atoms with Gasteiger partial charge in [-0.3, -0.25) is 4.79 Å². The highest BCUT2D eigenvalue weighted by Gasteiger charge is 2.37. The van der Waals surface area contributed by atoms with E-state index in [1.807, 2.05) is 35.2 Å². The van der Waals surface area contributed by atoms with E-state index in [0.29, 0.717) is 53.8 Å². The van der Waals surface area contributed by atoms with Gasteiger partial charge in [0, 0.05) is 49.2 Å². The van der Waals surface area contributed by atoms with Gasteiger partial charge in [-0.2, -0.15) is 4.31 Å². The first kappa shape index (κ1) is 33.4. The lowest BCUT2D eigenvalue weighted by Gasteiger charge is -2.33. The smallest absolute Gasteiger partial charge is 0.317 e. The molecule has 3 fully saturated rings. The molecule has 5 N–H and O–H groups in total. The third-order valence-corrected chi connectivity index (χ3v) is 11.5. The minimum atomic E-state index is -4.21. The Morgan fingerprint density at radius 1 is 1.04 bits per heavy atom. The number of para-hydroxylation sites is 1. The molecule has 3 amide bonds. The Bertz CT molecular complexity index is 1670. The van der Waals surface area contributed by atoms with Crippen molar-refractivity contribution in [1.29, 1.82) is 0 Å². The normalized spacial score (nSPS) is 20.3. The number of benzene rings is 2. The number of urea groups is 1. The summed E-state index contributed by atoms with van der Waals surface area (Å²) in [6.45, 7) is 2.37. The van der Waals surface area contributed by atoms with Gasteiger partial charge in [-0.1, -0.05) is 49.1 Å². The maximum Gasteiger partial charge on any atom is 0.317 e. The number of hydrogen-bond donors (Lipinski definition) is 4. The molecule has 0 spiro atoms. The van der Waals surface area contributed by atoms with E-state index in [0.717, 1.165) is 6.54 Å². The number of ether oxygens (including phenoxy) is 2. The first-order valence-corrected chi connectivity index (χ1v) is 18.2. The number of likely N-dealkylation sites (tertiary alicyclic amines) is 1. The number of rotatable bonds is 10. The molecule has 1 atom stereocenters. The average Bonchev–Trinajstić information content (AvgIpc) is 3.49. The SMILES string of the molecule is NC(=O)c1[nH]c2c(NC3CCN(C(=O)NCC4CCCCC4)CC3)cc(Cl)cc2c1S(=O)(=O)N1CCOC(COc2ccccc2)C1. The van der Waals surface area contributed by atoms with E-state index >= 15 is 0 Å². The quantitative estimate of drug-likeness (QED) is 0.243. The van der Waals surface area contributed by atoms with Crippen LogP contribution in [-0.4, -0.2) is 92.6 Å². The molecule has 2 saturated heterocycles. The second-order valence-corrected chi connectivity index (χ2v) is 15.0. The number of anilines is 1. The molecule has 12 nitrogen and oxygen atoms in total. The molecule has 1 saturated carbocycles. The number of primary amides is 1. The monoisotopic (exact) mass is 686 g/mol. The number of fused-ring (bicyclic) bond motifs is 1. The van der Waals surface area contributed by atoms with Gasteiger partial charge in [0.25, 0.3) is 5.91 Å². The summed E-state index contributed by atoms with van der Waals surface area (Å²) in [7, 11) is -4.21.